The normalized spacial score (nSPS) is 17.0. The summed E-state index contributed by atoms with van der Waals surface area (Å²) in [6.07, 6.45) is 7.99. The number of hydrogen-bond donors (Lipinski definition) is 1. The average Bonchev–Trinajstić information content (AvgIpc) is 3.56. The molecule has 4 heterocycles. The Morgan fingerprint density at radius 2 is 1.72 bits per heavy atom. The molecule has 7 rings (SSSR count). The van der Waals surface area contributed by atoms with Gasteiger partial charge in [-0.3, -0.25) is 14.2 Å². The average molecular weight is 678 g/mol. The molecule has 50 heavy (non-hydrogen) atoms. The van der Waals surface area contributed by atoms with Crippen LogP contribution in [0.15, 0.2) is 94.9 Å². The van der Waals surface area contributed by atoms with Gasteiger partial charge in [0.2, 0.25) is 0 Å². The van der Waals surface area contributed by atoms with Crippen LogP contribution in [0.1, 0.15) is 67.5 Å². The van der Waals surface area contributed by atoms with Crippen molar-refractivity contribution in [2.24, 2.45) is 11.8 Å². The summed E-state index contributed by atoms with van der Waals surface area (Å²) >= 11 is 0. The van der Waals surface area contributed by atoms with Crippen LogP contribution in [0.2, 0.25) is 0 Å². The van der Waals surface area contributed by atoms with E-state index in [1.807, 2.05) is 37.3 Å². The molecule has 0 spiro atoms. The lowest BCUT2D eigenvalue weighted by Crippen LogP contribution is -2.43. The SMILES string of the molecule is C[C@H](CO)CCc1ccc(-c2cccc(-n3c(=O)n(C4CCC(CC(=O)c5cn6cc(F)ccc6n5)CC4)c(=O)c4cc(F)cnc43)c2)cc1. The molecule has 0 amide bonds. The van der Waals surface area contributed by atoms with Crippen LogP contribution in [0.5, 0.6) is 0 Å². The van der Waals surface area contributed by atoms with Crippen molar-refractivity contribution < 1.29 is 18.7 Å². The van der Waals surface area contributed by atoms with Gasteiger partial charge in [-0.05, 0) is 97.4 Å². The maximum Gasteiger partial charge on any atom is 0.337 e. The molecule has 1 saturated carbocycles. The van der Waals surface area contributed by atoms with Crippen molar-refractivity contribution in [2.45, 2.75) is 57.9 Å². The van der Waals surface area contributed by atoms with Gasteiger partial charge in [0.05, 0.1) is 17.3 Å². The fraction of sp³-hybridized carbons (Fsp3) is 0.308. The standard InChI is InChI=1S/C39H37F2N5O4/c1-24(23-47)5-6-25-7-11-27(12-8-25)28-3-2-4-32(18-28)45-37-33(19-30(41)20-42-37)38(49)46(39(45)50)31-14-9-26(10-15-31)17-35(48)34-22-44-21-29(40)13-16-36(44)43-34/h2-4,7-8,11-13,16,18-22,24,26,31,47H,5-6,9-10,14-15,17,23H2,1H3/t24-,26?,31?/m0/s1. The fourth-order valence-corrected chi connectivity index (χ4v) is 7.00. The molecule has 11 heteroatoms. The Balaban J connectivity index is 1.15. The summed E-state index contributed by atoms with van der Waals surface area (Å²) in [7, 11) is 0. The van der Waals surface area contributed by atoms with Crippen molar-refractivity contribution in [3.05, 3.63) is 129 Å². The fourth-order valence-electron chi connectivity index (χ4n) is 7.00. The number of hydrogen-bond acceptors (Lipinski definition) is 6. The highest BCUT2D eigenvalue weighted by Crippen LogP contribution is 2.34. The van der Waals surface area contributed by atoms with Crippen LogP contribution in [0.4, 0.5) is 8.78 Å². The lowest BCUT2D eigenvalue weighted by Gasteiger charge is -2.29. The van der Waals surface area contributed by atoms with Crippen LogP contribution in [-0.4, -0.2) is 41.0 Å². The van der Waals surface area contributed by atoms with Gasteiger partial charge in [-0.15, -0.1) is 0 Å². The highest BCUT2D eigenvalue weighted by molar-refractivity contribution is 5.95. The number of fused-ring (bicyclic) bond motifs is 2. The number of carbonyl (C=O) groups is 1. The van der Waals surface area contributed by atoms with E-state index in [-0.39, 0.29) is 47.4 Å². The number of carbonyl (C=O) groups excluding carboxylic acids is 1. The van der Waals surface area contributed by atoms with Crippen LogP contribution < -0.4 is 11.2 Å². The molecule has 0 unspecified atom stereocenters. The Morgan fingerprint density at radius 3 is 2.48 bits per heavy atom. The predicted octanol–water partition coefficient (Wildman–Crippen LogP) is 6.71. The van der Waals surface area contributed by atoms with Gasteiger partial charge >= 0.3 is 5.69 Å². The van der Waals surface area contributed by atoms with Crippen LogP contribution >= 0.6 is 0 Å². The molecule has 6 aromatic rings. The monoisotopic (exact) mass is 677 g/mol. The number of pyridine rings is 2. The van der Waals surface area contributed by atoms with Gasteiger partial charge < -0.3 is 9.51 Å². The highest BCUT2D eigenvalue weighted by atomic mass is 19.1. The summed E-state index contributed by atoms with van der Waals surface area (Å²) in [5.41, 5.74) is 3.16. The first-order chi connectivity index (χ1) is 24.2. The number of aliphatic hydroxyl groups excluding tert-OH is 1. The number of aryl methyl sites for hydroxylation is 1. The number of aliphatic hydroxyl groups is 1. The number of benzene rings is 2. The third kappa shape index (κ3) is 6.65. The van der Waals surface area contributed by atoms with E-state index >= 15 is 0 Å². The minimum atomic E-state index is -0.675. The van der Waals surface area contributed by atoms with Crippen molar-refractivity contribution in [1.82, 2.24) is 23.5 Å². The Labute approximate surface area is 286 Å². The molecule has 2 aromatic carbocycles. The Bertz CT molecular complexity index is 2320. The van der Waals surface area contributed by atoms with E-state index < -0.39 is 28.9 Å². The number of rotatable bonds is 10. The Morgan fingerprint density at radius 1 is 0.940 bits per heavy atom. The minimum absolute atomic E-state index is 0.0112. The van der Waals surface area contributed by atoms with Gasteiger partial charge in [0.15, 0.2) is 11.4 Å². The van der Waals surface area contributed by atoms with Gasteiger partial charge in [-0.2, -0.15) is 0 Å². The summed E-state index contributed by atoms with van der Waals surface area (Å²) in [6, 6.07) is 19.1. The quantitative estimate of drug-likeness (QED) is 0.162. The van der Waals surface area contributed by atoms with E-state index in [2.05, 4.69) is 22.1 Å². The molecular weight excluding hydrogens is 640 g/mol. The topological polar surface area (TPSA) is 111 Å². The second-order valence-electron chi connectivity index (χ2n) is 13.4. The van der Waals surface area contributed by atoms with Crippen molar-refractivity contribution in [1.29, 1.82) is 0 Å². The molecule has 4 aromatic heterocycles. The van der Waals surface area contributed by atoms with Gasteiger partial charge in [0, 0.05) is 31.5 Å². The summed E-state index contributed by atoms with van der Waals surface area (Å²) in [4.78, 5) is 49.7. The van der Waals surface area contributed by atoms with E-state index in [1.165, 1.54) is 38.1 Å². The van der Waals surface area contributed by atoms with E-state index in [0.717, 1.165) is 41.8 Å². The number of halogens is 2. The van der Waals surface area contributed by atoms with Gasteiger partial charge in [0.25, 0.3) is 5.56 Å². The minimum Gasteiger partial charge on any atom is -0.396 e. The number of Topliss-reactive ketones (excluding diaryl/α,β-unsaturated/α-hetero) is 1. The zero-order valence-electron chi connectivity index (χ0n) is 27.6. The van der Waals surface area contributed by atoms with Crippen molar-refractivity contribution in [3.63, 3.8) is 0 Å². The van der Waals surface area contributed by atoms with Gasteiger partial charge in [-0.25, -0.2) is 28.1 Å². The van der Waals surface area contributed by atoms with Crippen molar-refractivity contribution >= 4 is 22.5 Å². The molecule has 0 bridgehead atoms. The van der Waals surface area contributed by atoms with Crippen molar-refractivity contribution in [2.75, 3.05) is 6.61 Å². The third-order valence-electron chi connectivity index (χ3n) is 9.88. The maximum absolute atomic E-state index is 14.5. The van der Waals surface area contributed by atoms with E-state index in [4.69, 9.17) is 0 Å². The molecule has 256 valence electrons. The molecule has 0 aliphatic heterocycles. The summed E-state index contributed by atoms with van der Waals surface area (Å²) < 4.78 is 32.2. The molecule has 0 saturated heterocycles. The summed E-state index contributed by atoms with van der Waals surface area (Å²) in [5.74, 6) is -0.987. The van der Waals surface area contributed by atoms with E-state index in [0.29, 0.717) is 37.0 Å². The first-order valence-electron chi connectivity index (χ1n) is 17.0. The second-order valence-corrected chi connectivity index (χ2v) is 13.4. The lowest BCUT2D eigenvalue weighted by molar-refractivity contribution is 0.0938. The Hall–Kier alpha value is -5.29. The molecule has 9 nitrogen and oxygen atoms in total. The summed E-state index contributed by atoms with van der Waals surface area (Å²) in [5, 5.41) is 9.35. The summed E-state index contributed by atoms with van der Waals surface area (Å²) in [6.45, 7) is 2.17. The molecular formula is C39H37F2N5O4. The highest BCUT2D eigenvalue weighted by Gasteiger charge is 2.29. The lowest BCUT2D eigenvalue weighted by atomic mass is 9.82. The first-order valence-corrected chi connectivity index (χ1v) is 17.0. The molecule has 1 fully saturated rings. The van der Waals surface area contributed by atoms with Gasteiger partial charge in [0.1, 0.15) is 23.0 Å². The number of aromatic nitrogens is 5. The smallest absolute Gasteiger partial charge is 0.337 e. The Kier molecular flexibility index (Phi) is 9.24. The van der Waals surface area contributed by atoms with E-state index in [9.17, 15) is 28.3 Å². The molecule has 1 atom stereocenters. The van der Waals surface area contributed by atoms with Crippen LogP contribution in [0.3, 0.4) is 0 Å². The second kappa shape index (κ2) is 13.9. The van der Waals surface area contributed by atoms with Crippen LogP contribution in [0, 0.1) is 23.5 Å². The number of ketones is 1. The molecule has 1 N–H and O–H groups in total. The molecule has 1 aliphatic rings. The maximum atomic E-state index is 14.5. The first kappa shape index (κ1) is 33.2. The van der Waals surface area contributed by atoms with E-state index in [1.54, 1.807) is 6.07 Å². The zero-order chi connectivity index (χ0) is 34.9. The molecule has 1 aliphatic carbocycles. The number of imidazole rings is 1. The predicted molar refractivity (Wildman–Crippen MR) is 187 cm³/mol. The largest absolute Gasteiger partial charge is 0.396 e. The van der Waals surface area contributed by atoms with Crippen LogP contribution in [-0.2, 0) is 6.42 Å². The van der Waals surface area contributed by atoms with Gasteiger partial charge in [-0.1, -0.05) is 43.3 Å². The van der Waals surface area contributed by atoms with Crippen molar-refractivity contribution in [3.8, 4) is 16.8 Å². The zero-order valence-corrected chi connectivity index (χ0v) is 27.6. The molecule has 0 radical (unpaired) electrons. The van der Waals surface area contributed by atoms with Crippen LogP contribution in [0.25, 0.3) is 33.5 Å². The number of nitrogens with zero attached hydrogens (tertiary/aromatic N) is 5. The third-order valence-corrected chi connectivity index (χ3v) is 9.88.